The highest BCUT2D eigenvalue weighted by atomic mass is 16.7. The van der Waals surface area contributed by atoms with Gasteiger partial charge in [0.05, 0.1) is 11.9 Å². The fourth-order valence-electron chi connectivity index (χ4n) is 0.985. The van der Waals surface area contributed by atoms with E-state index in [1.54, 1.807) is 13.3 Å². The van der Waals surface area contributed by atoms with E-state index in [2.05, 4.69) is 4.98 Å². The quantitative estimate of drug-likeness (QED) is 0.688. The van der Waals surface area contributed by atoms with Gasteiger partial charge in [-0.25, -0.2) is 0 Å². The first kappa shape index (κ1) is 10.7. The molecule has 0 aromatic carbocycles. The molecule has 0 N–H and O–H groups in total. The smallest absolute Gasteiger partial charge is 0.188 e. The predicted molar refractivity (Wildman–Crippen MR) is 56.1 cm³/mol. The van der Waals surface area contributed by atoms with Crippen molar-refractivity contribution in [3.63, 3.8) is 0 Å². The van der Waals surface area contributed by atoms with E-state index in [4.69, 9.17) is 9.47 Å². The summed E-state index contributed by atoms with van der Waals surface area (Å²) < 4.78 is 9.99. The first-order chi connectivity index (χ1) is 6.72. The molecule has 0 aliphatic rings. The molecular weight excluding hydrogens is 178 g/mol. The SMILES string of the molecule is COCOc1ccc(C=C(C)C)nc1. The van der Waals surface area contributed by atoms with Gasteiger partial charge < -0.3 is 9.47 Å². The average Bonchev–Trinajstić information content (AvgIpc) is 2.16. The molecule has 0 unspecified atom stereocenters. The van der Waals surface area contributed by atoms with Crippen molar-refractivity contribution in [2.24, 2.45) is 0 Å². The van der Waals surface area contributed by atoms with E-state index in [0.29, 0.717) is 0 Å². The Hall–Kier alpha value is -1.35. The number of methoxy groups -OCH3 is 1. The molecule has 3 nitrogen and oxygen atoms in total. The highest BCUT2D eigenvalue weighted by Crippen LogP contribution is 2.10. The molecule has 0 saturated carbocycles. The van der Waals surface area contributed by atoms with Crippen LogP contribution in [0, 0.1) is 0 Å². The molecule has 3 heteroatoms. The summed E-state index contributed by atoms with van der Waals surface area (Å²) in [6.07, 6.45) is 3.70. The number of aromatic nitrogens is 1. The number of hydrogen-bond acceptors (Lipinski definition) is 3. The zero-order valence-electron chi connectivity index (χ0n) is 8.78. The van der Waals surface area contributed by atoms with Crippen molar-refractivity contribution in [1.82, 2.24) is 4.98 Å². The monoisotopic (exact) mass is 193 g/mol. The third-order valence-electron chi connectivity index (χ3n) is 1.54. The van der Waals surface area contributed by atoms with Crippen molar-refractivity contribution in [2.45, 2.75) is 13.8 Å². The third kappa shape index (κ3) is 3.58. The van der Waals surface area contributed by atoms with Crippen LogP contribution in [0.25, 0.3) is 6.08 Å². The van der Waals surface area contributed by atoms with E-state index in [9.17, 15) is 0 Å². The fraction of sp³-hybridized carbons (Fsp3) is 0.364. The van der Waals surface area contributed by atoms with Gasteiger partial charge >= 0.3 is 0 Å². The predicted octanol–water partition coefficient (Wildman–Crippen LogP) is 2.49. The summed E-state index contributed by atoms with van der Waals surface area (Å²) in [4.78, 5) is 4.21. The van der Waals surface area contributed by atoms with Crippen LogP contribution in [0.4, 0.5) is 0 Å². The van der Waals surface area contributed by atoms with Crippen molar-refractivity contribution in [3.8, 4) is 5.75 Å². The summed E-state index contributed by atoms with van der Waals surface area (Å²) >= 11 is 0. The Morgan fingerprint density at radius 2 is 2.21 bits per heavy atom. The van der Waals surface area contributed by atoms with Crippen LogP contribution in [0.15, 0.2) is 23.9 Å². The molecule has 0 atom stereocenters. The molecule has 1 heterocycles. The van der Waals surface area contributed by atoms with Gasteiger partial charge in [0.2, 0.25) is 0 Å². The molecule has 0 bridgehead atoms. The van der Waals surface area contributed by atoms with Crippen LogP contribution < -0.4 is 4.74 Å². The number of allylic oxidation sites excluding steroid dienone is 1. The molecule has 0 amide bonds. The van der Waals surface area contributed by atoms with Gasteiger partial charge in [-0.3, -0.25) is 4.98 Å². The Bertz CT molecular complexity index is 300. The number of nitrogens with zero attached hydrogens (tertiary/aromatic N) is 1. The van der Waals surface area contributed by atoms with E-state index in [1.807, 2.05) is 32.1 Å². The number of ether oxygens (including phenoxy) is 2. The van der Waals surface area contributed by atoms with E-state index in [1.165, 1.54) is 5.57 Å². The first-order valence-corrected chi connectivity index (χ1v) is 4.45. The minimum absolute atomic E-state index is 0.254. The Labute approximate surface area is 84.4 Å². The zero-order chi connectivity index (χ0) is 10.4. The summed E-state index contributed by atoms with van der Waals surface area (Å²) in [6, 6.07) is 3.79. The molecule has 0 aliphatic carbocycles. The second-order valence-corrected chi connectivity index (χ2v) is 3.19. The molecule has 14 heavy (non-hydrogen) atoms. The second-order valence-electron chi connectivity index (χ2n) is 3.19. The second kappa shape index (κ2) is 5.40. The largest absolute Gasteiger partial charge is 0.466 e. The van der Waals surface area contributed by atoms with Crippen LogP contribution in [0.1, 0.15) is 19.5 Å². The van der Waals surface area contributed by atoms with Crippen molar-refractivity contribution in [3.05, 3.63) is 29.6 Å². The molecular formula is C11H15NO2. The zero-order valence-corrected chi connectivity index (χ0v) is 8.78. The molecule has 1 aromatic heterocycles. The molecule has 0 spiro atoms. The van der Waals surface area contributed by atoms with Gasteiger partial charge in [0.1, 0.15) is 5.75 Å². The van der Waals surface area contributed by atoms with Crippen LogP contribution in [-0.4, -0.2) is 18.9 Å². The fourth-order valence-corrected chi connectivity index (χ4v) is 0.985. The Balaban J connectivity index is 2.64. The lowest BCUT2D eigenvalue weighted by molar-refractivity contribution is 0.0508. The van der Waals surface area contributed by atoms with Gasteiger partial charge in [0, 0.05) is 7.11 Å². The summed E-state index contributed by atoms with van der Waals surface area (Å²) in [5.41, 5.74) is 2.16. The maximum atomic E-state index is 5.21. The maximum absolute atomic E-state index is 5.21. The van der Waals surface area contributed by atoms with Crippen molar-refractivity contribution in [2.75, 3.05) is 13.9 Å². The highest BCUT2D eigenvalue weighted by molar-refractivity contribution is 5.48. The van der Waals surface area contributed by atoms with Crippen molar-refractivity contribution < 1.29 is 9.47 Å². The molecule has 1 aromatic rings. The van der Waals surface area contributed by atoms with E-state index >= 15 is 0 Å². The Morgan fingerprint density at radius 1 is 1.43 bits per heavy atom. The molecule has 76 valence electrons. The van der Waals surface area contributed by atoms with Crippen LogP contribution in [0.3, 0.4) is 0 Å². The molecule has 0 fully saturated rings. The number of pyridine rings is 1. The van der Waals surface area contributed by atoms with Gasteiger partial charge in [-0.15, -0.1) is 0 Å². The average molecular weight is 193 g/mol. The first-order valence-electron chi connectivity index (χ1n) is 4.45. The number of rotatable bonds is 4. The van der Waals surface area contributed by atoms with Gasteiger partial charge in [0.15, 0.2) is 6.79 Å². The van der Waals surface area contributed by atoms with Crippen LogP contribution >= 0.6 is 0 Å². The summed E-state index contributed by atoms with van der Waals surface area (Å²) in [5, 5.41) is 0. The lowest BCUT2D eigenvalue weighted by atomic mass is 10.2. The normalized spacial score (nSPS) is 9.64. The minimum Gasteiger partial charge on any atom is -0.466 e. The van der Waals surface area contributed by atoms with Gasteiger partial charge in [-0.05, 0) is 32.1 Å². The summed E-state index contributed by atoms with van der Waals surface area (Å²) in [5.74, 6) is 0.720. The topological polar surface area (TPSA) is 31.4 Å². The molecule has 0 saturated heterocycles. The van der Waals surface area contributed by atoms with Crippen LogP contribution in [0.2, 0.25) is 0 Å². The number of hydrogen-bond donors (Lipinski definition) is 0. The van der Waals surface area contributed by atoms with E-state index in [-0.39, 0.29) is 6.79 Å². The lowest BCUT2D eigenvalue weighted by Crippen LogP contribution is -1.99. The summed E-state index contributed by atoms with van der Waals surface area (Å²) in [6.45, 7) is 4.33. The van der Waals surface area contributed by atoms with Crippen LogP contribution in [0.5, 0.6) is 5.75 Å². The highest BCUT2D eigenvalue weighted by Gasteiger charge is 1.93. The molecule has 0 radical (unpaired) electrons. The van der Waals surface area contributed by atoms with Crippen molar-refractivity contribution in [1.29, 1.82) is 0 Å². The summed E-state index contributed by atoms with van der Waals surface area (Å²) in [7, 11) is 1.59. The molecule has 0 aliphatic heterocycles. The van der Waals surface area contributed by atoms with E-state index < -0.39 is 0 Å². The third-order valence-corrected chi connectivity index (χ3v) is 1.54. The van der Waals surface area contributed by atoms with Gasteiger partial charge in [-0.2, -0.15) is 0 Å². The van der Waals surface area contributed by atoms with Crippen molar-refractivity contribution >= 4 is 6.08 Å². The van der Waals surface area contributed by atoms with Gasteiger partial charge in [-0.1, -0.05) is 5.57 Å². The van der Waals surface area contributed by atoms with Gasteiger partial charge in [0.25, 0.3) is 0 Å². The minimum atomic E-state index is 0.254. The Morgan fingerprint density at radius 3 is 2.71 bits per heavy atom. The maximum Gasteiger partial charge on any atom is 0.188 e. The van der Waals surface area contributed by atoms with E-state index in [0.717, 1.165) is 11.4 Å². The molecule has 1 rings (SSSR count). The Kier molecular flexibility index (Phi) is 4.13. The van der Waals surface area contributed by atoms with Crippen LogP contribution in [-0.2, 0) is 4.74 Å². The lowest BCUT2D eigenvalue weighted by Gasteiger charge is -2.03. The standard InChI is InChI=1S/C11H15NO2/c1-9(2)6-10-4-5-11(7-12-10)14-8-13-3/h4-7H,8H2,1-3H3.